The van der Waals surface area contributed by atoms with E-state index in [0.717, 1.165) is 6.40 Å². The van der Waals surface area contributed by atoms with Gasteiger partial charge in [-0.2, -0.15) is 0 Å². The van der Waals surface area contributed by atoms with Crippen LogP contribution in [0.1, 0.15) is 0 Å². The van der Waals surface area contributed by atoms with Gasteiger partial charge in [-0.25, -0.2) is 9.18 Å². The zero-order chi connectivity index (χ0) is 13.8. The molecule has 0 N–H and O–H groups in total. The van der Waals surface area contributed by atoms with E-state index < -0.39 is 12.2 Å². The molecule has 0 aliphatic carbocycles. The van der Waals surface area contributed by atoms with Gasteiger partial charge in [0.05, 0.1) is 18.8 Å². The normalized spacial score (nSPS) is 18.9. The predicted molar refractivity (Wildman–Crippen MR) is 76.9 cm³/mol. The summed E-state index contributed by atoms with van der Waals surface area (Å²) in [4.78, 5) is 16.9. The number of amides is 1. The van der Waals surface area contributed by atoms with Crippen molar-refractivity contribution >= 4 is 48.8 Å². The van der Waals surface area contributed by atoms with Gasteiger partial charge in [0.1, 0.15) is 18.3 Å². The quantitative estimate of drug-likeness (QED) is 0.350. The Morgan fingerprint density at radius 1 is 1.68 bits per heavy atom. The van der Waals surface area contributed by atoms with Crippen LogP contribution in [0, 0.1) is 9.39 Å². The van der Waals surface area contributed by atoms with Crippen molar-refractivity contribution in [2.24, 2.45) is 4.99 Å². The van der Waals surface area contributed by atoms with Gasteiger partial charge in [-0.3, -0.25) is 9.89 Å². The highest BCUT2D eigenvalue weighted by Crippen LogP contribution is 2.24. The van der Waals surface area contributed by atoms with E-state index in [1.54, 1.807) is 12.1 Å². The monoisotopic (exact) mass is 374 g/mol. The second kappa shape index (κ2) is 6.22. The summed E-state index contributed by atoms with van der Waals surface area (Å²) in [6, 6.07) is 4.57. The van der Waals surface area contributed by atoms with E-state index in [1.807, 2.05) is 22.6 Å². The molecule has 0 bridgehead atoms. The molecule has 1 atom stereocenters. The first-order chi connectivity index (χ1) is 9.11. The van der Waals surface area contributed by atoms with E-state index in [9.17, 15) is 9.18 Å². The number of anilines is 1. The van der Waals surface area contributed by atoms with Crippen LogP contribution in [0.3, 0.4) is 0 Å². The van der Waals surface area contributed by atoms with Crippen molar-refractivity contribution in [2.75, 3.05) is 18.0 Å². The first-order valence-corrected chi connectivity index (χ1v) is 6.46. The largest absolute Gasteiger partial charge is 0.560 e. The van der Waals surface area contributed by atoms with Crippen molar-refractivity contribution in [3.63, 3.8) is 0 Å². The minimum Gasteiger partial charge on any atom is -0.560 e. The van der Waals surface area contributed by atoms with Gasteiger partial charge in [0.15, 0.2) is 0 Å². The summed E-state index contributed by atoms with van der Waals surface area (Å²) in [5, 5.41) is 0. The van der Waals surface area contributed by atoms with Crippen LogP contribution in [0.2, 0.25) is 0 Å². The van der Waals surface area contributed by atoms with Crippen molar-refractivity contribution in [3.8, 4) is 0 Å². The van der Waals surface area contributed by atoms with Crippen molar-refractivity contribution in [2.45, 2.75) is 6.10 Å². The highest BCUT2D eigenvalue weighted by Gasteiger charge is 2.32. The number of halogens is 2. The number of hydrogen-bond donors (Lipinski definition) is 0. The molecule has 1 fully saturated rings. The maximum Gasteiger partial charge on any atom is 0.414 e. The fourth-order valence-electron chi connectivity index (χ4n) is 1.68. The average Bonchev–Trinajstić information content (AvgIpc) is 2.74. The average molecular weight is 374 g/mol. The molecule has 2 rings (SSSR count). The first-order valence-electron chi connectivity index (χ1n) is 5.39. The summed E-state index contributed by atoms with van der Waals surface area (Å²) in [6.07, 6.45) is 0.150. The number of benzene rings is 1. The number of rotatable bonds is 4. The molecular formula is C11H9BFIN2O3. The van der Waals surface area contributed by atoms with Crippen LogP contribution >= 0.6 is 22.6 Å². The summed E-state index contributed by atoms with van der Waals surface area (Å²) in [6.45, 7) is 0.549. The maximum absolute atomic E-state index is 13.5. The van der Waals surface area contributed by atoms with Crippen LogP contribution < -0.4 is 4.90 Å². The first kappa shape index (κ1) is 14.1. The molecule has 5 nitrogen and oxygen atoms in total. The number of aliphatic imine (C=N–C) groups is 1. The SMILES string of the molecule is [B]OC=NCC1CN(c2ccc(I)c(F)c2)C(=O)O1. The fourth-order valence-corrected chi connectivity index (χ4v) is 2.02. The van der Waals surface area contributed by atoms with Gasteiger partial charge in [-0.1, -0.05) is 0 Å². The predicted octanol–water partition coefficient (Wildman–Crippen LogP) is 1.88. The summed E-state index contributed by atoms with van der Waals surface area (Å²) < 4.78 is 23.2. The molecule has 0 aromatic heterocycles. The molecule has 1 unspecified atom stereocenters. The van der Waals surface area contributed by atoms with Crippen molar-refractivity contribution in [1.82, 2.24) is 0 Å². The number of carbonyl (C=O) groups excluding carboxylic acids is 1. The summed E-state index contributed by atoms with van der Waals surface area (Å²) in [7, 11) is 4.78. The highest BCUT2D eigenvalue weighted by atomic mass is 127. The second-order valence-electron chi connectivity index (χ2n) is 3.82. The maximum atomic E-state index is 13.5. The molecular weight excluding hydrogens is 365 g/mol. The Morgan fingerprint density at radius 3 is 3.16 bits per heavy atom. The number of hydrogen-bond acceptors (Lipinski definition) is 4. The van der Waals surface area contributed by atoms with Crippen LogP contribution in [0.25, 0.3) is 0 Å². The lowest BCUT2D eigenvalue weighted by atomic mass is 10.2. The third-order valence-corrected chi connectivity index (χ3v) is 3.41. The van der Waals surface area contributed by atoms with Gasteiger partial charge in [-0.05, 0) is 40.8 Å². The molecule has 1 aliphatic rings. The Labute approximate surface area is 124 Å². The van der Waals surface area contributed by atoms with Gasteiger partial charge >= 0.3 is 14.1 Å². The Morgan fingerprint density at radius 2 is 2.47 bits per heavy atom. The Balaban J connectivity index is 2.07. The van der Waals surface area contributed by atoms with E-state index in [4.69, 9.17) is 12.8 Å². The van der Waals surface area contributed by atoms with Gasteiger partial charge in [0.25, 0.3) is 0 Å². The van der Waals surface area contributed by atoms with Crippen LogP contribution in [-0.2, 0) is 9.39 Å². The molecule has 1 aliphatic heterocycles. The number of cyclic esters (lactones) is 1. The number of ether oxygens (including phenoxy) is 1. The standard InChI is InChI=1S/C11H9BFIN2O3/c12-18-6-15-4-8-5-16(11(17)19-8)7-1-2-10(14)9(13)3-7/h1-3,6,8H,4-5H2. The minimum absolute atomic E-state index is 0.242. The topological polar surface area (TPSA) is 51.1 Å². The van der Waals surface area contributed by atoms with Crippen LogP contribution in [-0.4, -0.2) is 39.7 Å². The van der Waals surface area contributed by atoms with Gasteiger partial charge < -0.3 is 9.39 Å². The molecule has 98 valence electrons. The van der Waals surface area contributed by atoms with E-state index >= 15 is 0 Å². The van der Waals surface area contributed by atoms with E-state index in [0.29, 0.717) is 15.8 Å². The lowest BCUT2D eigenvalue weighted by molar-refractivity contribution is 0.145. The third kappa shape index (κ3) is 3.37. The van der Waals surface area contributed by atoms with E-state index in [-0.39, 0.29) is 12.4 Å². The molecule has 1 saturated heterocycles. The Kier molecular flexibility index (Phi) is 4.62. The zero-order valence-electron chi connectivity index (χ0n) is 9.75. The minimum atomic E-state index is -0.519. The molecule has 1 aromatic carbocycles. The van der Waals surface area contributed by atoms with Gasteiger partial charge in [0.2, 0.25) is 0 Å². The van der Waals surface area contributed by atoms with Crippen LogP contribution in [0.5, 0.6) is 0 Å². The van der Waals surface area contributed by atoms with Crippen molar-refractivity contribution < 1.29 is 18.6 Å². The van der Waals surface area contributed by atoms with Gasteiger partial charge in [0, 0.05) is 3.57 Å². The molecule has 1 aromatic rings. The zero-order valence-corrected chi connectivity index (χ0v) is 11.9. The summed E-state index contributed by atoms with van der Waals surface area (Å²) >= 11 is 1.88. The fraction of sp³-hybridized carbons (Fsp3) is 0.273. The van der Waals surface area contributed by atoms with Crippen LogP contribution in [0.4, 0.5) is 14.9 Å². The summed E-state index contributed by atoms with van der Waals surface area (Å²) in [5.41, 5.74) is 0.462. The lowest BCUT2D eigenvalue weighted by Crippen LogP contribution is -2.25. The molecule has 0 spiro atoms. The lowest BCUT2D eigenvalue weighted by Gasteiger charge is -2.13. The van der Waals surface area contributed by atoms with E-state index in [1.165, 1.54) is 11.0 Å². The van der Waals surface area contributed by atoms with Crippen molar-refractivity contribution in [1.29, 1.82) is 0 Å². The Hall–Kier alpha value is -1.32. The molecule has 19 heavy (non-hydrogen) atoms. The highest BCUT2D eigenvalue weighted by molar-refractivity contribution is 14.1. The third-order valence-electron chi connectivity index (χ3n) is 2.53. The summed E-state index contributed by atoms with van der Waals surface area (Å²) in [5.74, 6) is -0.371. The molecule has 1 amide bonds. The second-order valence-corrected chi connectivity index (χ2v) is 4.98. The number of nitrogens with zero attached hydrogens (tertiary/aromatic N) is 2. The molecule has 2 radical (unpaired) electrons. The number of carbonyl (C=O) groups is 1. The smallest absolute Gasteiger partial charge is 0.414 e. The van der Waals surface area contributed by atoms with Crippen LogP contribution in [0.15, 0.2) is 23.2 Å². The molecule has 8 heteroatoms. The van der Waals surface area contributed by atoms with Gasteiger partial charge in [-0.15, -0.1) is 0 Å². The Bertz CT molecular complexity index is 515. The molecule has 1 heterocycles. The van der Waals surface area contributed by atoms with E-state index in [2.05, 4.69) is 9.65 Å². The molecule has 0 saturated carbocycles. The van der Waals surface area contributed by atoms with Crippen molar-refractivity contribution in [3.05, 3.63) is 27.6 Å².